The molecular formula is C16H13FN2O4S. The molecule has 0 aliphatic rings. The van der Waals surface area contributed by atoms with Gasteiger partial charge in [-0.05, 0) is 30.7 Å². The number of carboxylic acids is 1. The van der Waals surface area contributed by atoms with Crippen molar-refractivity contribution >= 4 is 26.9 Å². The van der Waals surface area contributed by atoms with Crippen LogP contribution in [0, 0.1) is 12.7 Å². The number of hydrogen-bond donors (Lipinski definition) is 1. The van der Waals surface area contributed by atoms with Crippen LogP contribution in [0.2, 0.25) is 0 Å². The topological polar surface area (TPSA) is 89.3 Å². The van der Waals surface area contributed by atoms with Crippen LogP contribution in [0.1, 0.15) is 11.3 Å². The maximum Gasteiger partial charge on any atom is 0.307 e. The van der Waals surface area contributed by atoms with Gasteiger partial charge in [-0.2, -0.15) is 0 Å². The molecule has 3 rings (SSSR count). The van der Waals surface area contributed by atoms with Gasteiger partial charge >= 0.3 is 5.97 Å². The lowest BCUT2D eigenvalue weighted by atomic mass is 10.1. The number of hydrogen-bond acceptors (Lipinski definition) is 4. The molecule has 0 saturated heterocycles. The minimum atomic E-state index is -4.22. The van der Waals surface area contributed by atoms with E-state index >= 15 is 0 Å². The Labute approximate surface area is 137 Å². The number of aliphatic carboxylic acids is 1. The first-order valence-corrected chi connectivity index (χ1v) is 8.44. The largest absolute Gasteiger partial charge is 0.481 e. The molecule has 0 radical (unpaired) electrons. The third kappa shape index (κ3) is 2.44. The highest BCUT2D eigenvalue weighted by Crippen LogP contribution is 2.30. The van der Waals surface area contributed by atoms with E-state index in [1.807, 2.05) is 0 Å². The number of carboxylic acid groups (broad SMARTS) is 1. The van der Waals surface area contributed by atoms with Gasteiger partial charge < -0.3 is 5.11 Å². The SMILES string of the molecule is Cc1c(CC(=O)O)c2cnccc2n1S(=O)(=O)c1ccccc1F. The molecule has 0 spiro atoms. The van der Waals surface area contributed by atoms with Gasteiger partial charge in [-0.1, -0.05) is 12.1 Å². The predicted octanol–water partition coefficient (Wildman–Crippen LogP) is 2.35. The number of pyridine rings is 1. The molecule has 0 bridgehead atoms. The predicted molar refractivity (Wildman–Crippen MR) is 84.8 cm³/mol. The third-order valence-electron chi connectivity index (χ3n) is 3.77. The molecule has 8 heteroatoms. The van der Waals surface area contributed by atoms with E-state index in [1.54, 1.807) is 0 Å². The number of halogens is 1. The molecule has 2 aromatic heterocycles. The number of rotatable bonds is 4. The van der Waals surface area contributed by atoms with Gasteiger partial charge in [-0.25, -0.2) is 16.8 Å². The van der Waals surface area contributed by atoms with Crippen LogP contribution in [0.4, 0.5) is 4.39 Å². The molecule has 6 nitrogen and oxygen atoms in total. The summed E-state index contributed by atoms with van der Waals surface area (Å²) in [7, 11) is -4.22. The smallest absolute Gasteiger partial charge is 0.307 e. The first-order chi connectivity index (χ1) is 11.3. The van der Waals surface area contributed by atoms with Crippen LogP contribution >= 0.6 is 0 Å². The second kappa shape index (κ2) is 5.72. The Kier molecular flexibility index (Phi) is 3.84. The van der Waals surface area contributed by atoms with Crippen molar-refractivity contribution in [2.75, 3.05) is 0 Å². The average Bonchev–Trinajstić information content (AvgIpc) is 2.80. The van der Waals surface area contributed by atoms with Crippen molar-refractivity contribution in [3.05, 3.63) is 59.8 Å². The van der Waals surface area contributed by atoms with Crippen molar-refractivity contribution < 1.29 is 22.7 Å². The Morgan fingerprint density at radius 3 is 2.67 bits per heavy atom. The van der Waals surface area contributed by atoms with Crippen LogP contribution in [0.15, 0.2) is 47.6 Å². The number of aromatic nitrogens is 2. The van der Waals surface area contributed by atoms with Gasteiger partial charge in [0.15, 0.2) is 0 Å². The molecule has 0 aliphatic carbocycles. The van der Waals surface area contributed by atoms with E-state index in [9.17, 15) is 17.6 Å². The normalized spacial score (nSPS) is 11.8. The first-order valence-electron chi connectivity index (χ1n) is 7.00. The molecule has 3 aromatic rings. The van der Waals surface area contributed by atoms with Crippen molar-refractivity contribution in [1.82, 2.24) is 8.96 Å². The summed E-state index contributed by atoms with van der Waals surface area (Å²) in [6.07, 6.45) is 2.46. The Balaban J connectivity index is 2.37. The Morgan fingerprint density at radius 2 is 2.00 bits per heavy atom. The molecule has 0 amide bonds. The fourth-order valence-electron chi connectivity index (χ4n) is 2.73. The van der Waals surface area contributed by atoms with E-state index in [-0.39, 0.29) is 17.6 Å². The average molecular weight is 348 g/mol. The highest BCUT2D eigenvalue weighted by molar-refractivity contribution is 7.90. The van der Waals surface area contributed by atoms with Crippen molar-refractivity contribution in [1.29, 1.82) is 0 Å². The van der Waals surface area contributed by atoms with Gasteiger partial charge in [0.05, 0.1) is 11.9 Å². The molecule has 0 aliphatic heterocycles. The van der Waals surface area contributed by atoms with Crippen molar-refractivity contribution in [2.24, 2.45) is 0 Å². The Bertz CT molecular complexity index is 1060. The van der Waals surface area contributed by atoms with Crippen LogP contribution in [-0.4, -0.2) is 28.5 Å². The van der Waals surface area contributed by atoms with E-state index in [1.165, 1.54) is 43.6 Å². The summed E-state index contributed by atoms with van der Waals surface area (Å²) in [6.45, 7) is 1.50. The fraction of sp³-hybridized carbons (Fsp3) is 0.125. The van der Waals surface area contributed by atoms with Crippen LogP contribution < -0.4 is 0 Å². The van der Waals surface area contributed by atoms with E-state index in [4.69, 9.17) is 5.11 Å². The summed E-state index contributed by atoms with van der Waals surface area (Å²) in [6, 6.07) is 6.53. The highest BCUT2D eigenvalue weighted by atomic mass is 32.2. The molecule has 2 heterocycles. The first kappa shape index (κ1) is 16.1. The minimum Gasteiger partial charge on any atom is -0.481 e. The Hall–Kier alpha value is -2.74. The molecule has 24 heavy (non-hydrogen) atoms. The number of carbonyl (C=O) groups is 1. The highest BCUT2D eigenvalue weighted by Gasteiger charge is 2.27. The maximum absolute atomic E-state index is 14.0. The van der Waals surface area contributed by atoms with E-state index in [0.717, 1.165) is 10.0 Å². The number of benzene rings is 1. The standard InChI is InChI=1S/C16H13FN2O4S/c1-10-11(8-16(20)21)12-9-18-7-6-14(12)19(10)24(22,23)15-5-3-2-4-13(15)17/h2-7,9H,8H2,1H3,(H,20,21). The van der Waals surface area contributed by atoms with E-state index < -0.39 is 26.7 Å². The van der Waals surface area contributed by atoms with Gasteiger partial charge in [0.2, 0.25) is 0 Å². The zero-order valence-electron chi connectivity index (χ0n) is 12.6. The summed E-state index contributed by atoms with van der Waals surface area (Å²) in [4.78, 5) is 14.6. The van der Waals surface area contributed by atoms with E-state index in [0.29, 0.717) is 10.9 Å². The third-order valence-corrected chi connectivity index (χ3v) is 5.60. The van der Waals surface area contributed by atoms with Gasteiger partial charge in [0.25, 0.3) is 10.0 Å². The van der Waals surface area contributed by atoms with Crippen LogP contribution in [0.25, 0.3) is 10.9 Å². The maximum atomic E-state index is 14.0. The monoisotopic (exact) mass is 348 g/mol. The zero-order chi connectivity index (χ0) is 17.5. The van der Waals surface area contributed by atoms with Crippen molar-refractivity contribution in [2.45, 2.75) is 18.2 Å². The van der Waals surface area contributed by atoms with Crippen molar-refractivity contribution in [3.8, 4) is 0 Å². The van der Waals surface area contributed by atoms with E-state index in [2.05, 4.69) is 4.98 Å². The van der Waals surface area contributed by atoms with Crippen LogP contribution in [0.5, 0.6) is 0 Å². The molecule has 0 atom stereocenters. The summed E-state index contributed by atoms with van der Waals surface area (Å²) in [5.41, 5.74) is 0.830. The van der Waals surface area contributed by atoms with Crippen LogP contribution in [0.3, 0.4) is 0 Å². The Morgan fingerprint density at radius 1 is 1.29 bits per heavy atom. The molecule has 124 valence electrons. The number of fused-ring (bicyclic) bond motifs is 1. The lowest BCUT2D eigenvalue weighted by Gasteiger charge is -2.11. The molecular weight excluding hydrogens is 335 g/mol. The molecule has 0 fully saturated rings. The fourth-order valence-corrected chi connectivity index (χ4v) is 4.38. The molecule has 0 saturated carbocycles. The quantitative estimate of drug-likeness (QED) is 0.782. The lowest BCUT2D eigenvalue weighted by Crippen LogP contribution is -2.16. The molecule has 1 N–H and O–H groups in total. The molecule has 1 aromatic carbocycles. The zero-order valence-corrected chi connectivity index (χ0v) is 13.4. The van der Waals surface area contributed by atoms with Crippen molar-refractivity contribution in [3.63, 3.8) is 0 Å². The second-order valence-electron chi connectivity index (χ2n) is 5.23. The lowest BCUT2D eigenvalue weighted by molar-refractivity contribution is -0.136. The second-order valence-corrected chi connectivity index (χ2v) is 6.98. The summed E-state index contributed by atoms with van der Waals surface area (Å²) >= 11 is 0. The summed E-state index contributed by atoms with van der Waals surface area (Å²) in [5, 5.41) is 9.50. The summed E-state index contributed by atoms with van der Waals surface area (Å²) in [5.74, 6) is -1.96. The summed E-state index contributed by atoms with van der Waals surface area (Å²) < 4.78 is 40.9. The minimum absolute atomic E-state index is 0.226. The van der Waals surface area contributed by atoms with Gasteiger partial charge in [0.1, 0.15) is 10.7 Å². The molecule has 0 unspecified atom stereocenters. The van der Waals surface area contributed by atoms with Gasteiger partial charge in [-0.3, -0.25) is 9.78 Å². The number of nitrogens with zero attached hydrogens (tertiary/aromatic N) is 2. The van der Waals surface area contributed by atoms with Gasteiger partial charge in [-0.15, -0.1) is 0 Å². The van der Waals surface area contributed by atoms with Gasteiger partial charge in [0, 0.05) is 23.5 Å². The van der Waals surface area contributed by atoms with Crippen LogP contribution in [-0.2, 0) is 21.2 Å².